The molecule has 0 aliphatic rings. The Labute approximate surface area is 289 Å². The van der Waals surface area contributed by atoms with E-state index in [4.69, 9.17) is 28.4 Å². The first-order valence-electron chi connectivity index (χ1n) is 16.4. The highest BCUT2D eigenvalue weighted by atomic mass is 16.5. The summed E-state index contributed by atoms with van der Waals surface area (Å²) in [5, 5.41) is 0. The number of hydrogen-bond acceptors (Lipinski definition) is 10. The molecule has 0 aliphatic heterocycles. The number of rotatable bonds is 18. The number of esters is 4. The molecule has 0 amide bonds. The molecule has 0 aromatic heterocycles. The third-order valence-corrected chi connectivity index (χ3v) is 6.18. The number of unbranched alkanes of at least 4 members (excludes halogenated alkanes) is 2. The highest BCUT2D eigenvalue weighted by Crippen LogP contribution is 2.26. The standard InChI is InChI=1S/C35H36O10.2C2H6/c1-4-32(36)42-22-8-6-20-40-28-14-10-26(11-15-28)34(38)44-30-18-19-31(25(3)24-30)45-35(39)27-12-16-29(17-13-27)41-21-7-9-23-43-33(37)5-2;2*1-2/h4-5,10-19,24H,1-2,6-9,20-23H2,3H3;2*1-2H3. The monoisotopic (exact) mass is 676 g/mol. The SMILES string of the molecule is C=CC(=O)OCCCCOc1ccc(C(=O)Oc2ccc(OC(=O)c3ccc(OCCCCOC(=O)C=C)cc3)c(C)c2)cc1.CC.CC. The molecule has 264 valence electrons. The number of carbonyl (C=O) groups is 4. The molecule has 49 heavy (non-hydrogen) atoms. The minimum absolute atomic E-state index is 0.299. The molecule has 0 atom stereocenters. The lowest BCUT2D eigenvalue weighted by atomic mass is 10.2. The summed E-state index contributed by atoms with van der Waals surface area (Å²) in [6.07, 6.45) is 4.95. The number of hydrogen-bond donors (Lipinski definition) is 0. The topological polar surface area (TPSA) is 124 Å². The predicted octanol–water partition coefficient (Wildman–Crippen LogP) is 8.26. The normalized spacial score (nSPS) is 9.65. The van der Waals surface area contributed by atoms with Gasteiger partial charge in [-0.2, -0.15) is 0 Å². The van der Waals surface area contributed by atoms with Gasteiger partial charge in [-0.3, -0.25) is 0 Å². The fourth-order valence-electron chi connectivity index (χ4n) is 3.75. The van der Waals surface area contributed by atoms with Crippen molar-refractivity contribution in [3.63, 3.8) is 0 Å². The van der Waals surface area contributed by atoms with Crippen LogP contribution in [-0.4, -0.2) is 50.3 Å². The van der Waals surface area contributed by atoms with E-state index in [0.717, 1.165) is 12.2 Å². The van der Waals surface area contributed by atoms with Crippen molar-refractivity contribution in [1.29, 1.82) is 0 Å². The van der Waals surface area contributed by atoms with Crippen LogP contribution in [0.4, 0.5) is 0 Å². The summed E-state index contributed by atoms with van der Waals surface area (Å²) in [5.41, 5.74) is 1.29. The summed E-state index contributed by atoms with van der Waals surface area (Å²) >= 11 is 0. The molecule has 0 aliphatic carbocycles. The van der Waals surface area contributed by atoms with Crippen LogP contribution in [0.1, 0.15) is 79.7 Å². The van der Waals surface area contributed by atoms with Gasteiger partial charge < -0.3 is 28.4 Å². The van der Waals surface area contributed by atoms with Gasteiger partial charge in [-0.1, -0.05) is 40.9 Å². The highest BCUT2D eigenvalue weighted by molar-refractivity contribution is 5.92. The summed E-state index contributed by atoms with van der Waals surface area (Å²) in [6, 6.07) is 17.8. The molecule has 0 spiro atoms. The summed E-state index contributed by atoms with van der Waals surface area (Å²) in [4.78, 5) is 47.4. The lowest BCUT2D eigenvalue weighted by molar-refractivity contribution is -0.138. The third kappa shape index (κ3) is 16.3. The lowest BCUT2D eigenvalue weighted by Gasteiger charge is -2.11. The molecule has 10 heteroatoms. The molecule has 10 nitrogen and oxygen atoms in total. The van der Waals surface area contributed by atoms with Crippen LogP contribution in [0.15, 0.2) is 92.0 Å². The van der Waals surface area contributed by atoms with Crippen LogP contribution in [-0.2, 0) is 19.1 Å². The van der Waals surface area contributed by atoms with E-state index in [9.17, 15) is 19.2 Å². The van der Waals surface area contributed by atoms with E-state index >= 15 is 0 Å². The maximum Gasteiger partial charge on any atom is 0.343 e. The van der Waals surface area contributed by atoms with E-state index in [0.29, 0.717) is 91.8 Å². The molecule has 0 radical (unpaired) electrons. The van der Waals surface area contributed by atoms with Crippen molar-refractivity contribution in [2.75, 3.05) is 26.4 Å². The van der Waals surface area contributed by atoms with Crippen molar-refractivity contribution in [2.24, 2.45) is 0 Å². The summed E-state index contributed by atoms with van der Waals surface area (Å²) in [6.45, 7) is 17.9. The Balaban J connectivity index is 0.00000289. The molecule has 0 saturated carbocycles. The third-order valence-electron chi connectivity index (χ3n) is 6.18. The maximum atomic E-state index is 12.7. The van der Waals surface area contributed by atoms with Gasteiger partial charge in [0, 0.05) is 12.2 Å². The van der Waals surface area contributed by atoms with Gasteiger partial charge in [0.2, 0.25) is 0 Å². The summed E-state index contributed by atoms with van der Waals surface area (Å²) in [7, 11) is 0. The zero-order valence-electron chi connectivity index (χ0n) is 29.2. The molecule has 0 heterocycles. The van der Waals surface area contributed by atoms with E-state index in [1.165, 1.54) is 0 Å². The van der Waals surface area contributed by atoms with Crippen LogP contribution in [0, 0.1) is 6.92 Å². The van der Waals surface area contributed by atoms with Gasteiger partial charge in [-0.25, -0.2) is 19.2 Å². The van der Waals surface area contributed by atoms with Crippen molar-refractivity contribution < 1.29 is 47.6 Å². The first-order chi connectivity index (χ1) is 23.8. The Bertz CT molecular complexity index is 1460. The van der Waals surface area contributed by atoms with Crippen LogP contribution in [0.2, 0.25) is 0 Å². The number of benzene rings is 3. The molecule has 0 N–H and O–H groups in total. The zero-order chi connectivity index (χ0) is 36.4. The highest BCUT2D eigenvalue weighted by Gasteiger charge is 2.14. The van der Waals surface area contributed by atoms with Crippen LogP contribution in [0.25, 0.3) is 0 Å². The first-order valence-corrected chi connectivity index (χ1v) is 16.4. The number of ether oxygens (including phenoxy) is 6. The van der Waals surface area contributed by atoms with Gasteiger partial charge in [0.05, 0.1) is 37.6 Å². The molecular weight excluding hydrogens is 628 g/mol. The molecule has 0 bridgehead atoms. The quantitative estimate of drug-likeness (QED) is 0.0563. The fourth-order valence-corrected chi connectivity index (χ4v) is 3.75. The molecule has 3 rings (SSSR count). The van der Waals surface area contributed by atoms with Crippen molar-refractivity contribution in [1.82, 2.24) is 0 Å². The Hall–Kier alpha value is -5.38. The Kier molecular flexibility index (Phi) is 21.0. The molecular formula is C39H48O10. The Morgan fingerprint density at radius 1 is 0.551 bits per heavy atom. The van der Waals surface area contributed by atoms with E-state index in [-0.39, 0.29) is 0 Å². The van der Waals surface area contributed by atoms with Gasteiger partial charge in [0.25, 0.3) is 0 Å². The predicted molar refractivity (Wildman–Crippen MR) is 188 cm³/mol. The number of aryl methyl sites for hydroxylation is 1. The zero-order valence-corrected chi connectivity index (χ0v) is 29.2. The van der Waals surface area contributed by atoms with Crippen LogP contribution in [0.5, 0.6) is 23.0 Å². The fraction of sp³-hybridized carbons (Fsp3) is 0.333. The second-order valence-corrected chi connectivity index (χ2v) is 9.61. The largest absolute Gasteiger partial charge is 0.494 e. The first kappa shape index (κ1) is 41.6. The smallest absolute Gasteiger partial charge is 0.343 e. The van der Waals surface area contributed by atoms with Crippen LogP contribution in [0.3, 0.4) is 0 Å². The maximum absolute atomic E-state index is 12.7. The molecule has 3 aromatic carbocycles. The van der Waals surface area contributed by atoms with Crippen LogP contribution < -0.4 is 18.9 Å². The number of carbonyl (C=O) groups excluding carboxylic acids is 4. The second-order valence-electron chi connectivity index (χ2n) is 9.61. The van der Waals surface area contributed by atoms with Crippen molar-refractivity contribution in [2.45, 2.75) is 60.3 Å². The summed E-state index contributed by atoms with van der Waals surface area (Å²) in [5.74, 6) is -0.166. The average Bonchev–Trinajstić information content (AvgIpc) is 3.14. The molecule has 0 fully saturated rings. The molecule has 0 saturated heterocycles. The minimum atomic E-state index is -0.548. The molecule has 0 unspecified atom stereocenters. The second kappa shape index (κ2) is 24.7. The van der Waals surface area contributed by atoms with Crippen molar-refractivity contribution >= 4 is 23.9 Å². The van der Waals surface area contributed by atoms with Gasteiger partial charge >= 0.3 is 23.9 Å². The van der Waals surface area contributed by atoms with E-state index in [1.807, 2.05) is 27.7 Å². The van der Waals surface area contributed by atoms with E-state index in [2.05, 4.69) is 13.2 Å². The molecule has 3 aromatic rings. The van der Waals surface area contributed by atoms with Gasteiger partial charge in [0.1, 0.15) is 23.0 Å². The minimum Gasteiger partial charge on any atom is -0.494 e. The van der Waals surface area contributed by atoms with Crippen LogP contribution >= 0.6 is 0 Å². The van der Waals surface area contributed by atoms with E-state index in [1.54, 1.807) is 73.7 Å². The average molecular weight is 677 g/mol. The Morgan fingerprint density at radius 3 is 1.35 bits per heavy atom. The summed E-state index contributed by atoms with van der Waals surface area (Å²) < 4.78 is 32.2. The Morgan fingerprint density at radius 2 is 0.939 bits per heavy atom. The van der Waals surface area contributed by atoms with Crippen molar-refractivity contribution in [3.05, 3.63) is 109 Å². The lowest BCUT2D eigenvalue weighted by Crippen LogP contribution is -2.11. The van der Waals surface area contributed by atoms with E-state index < -0.39 is 23.9 Å². The van der Waals surface area contributed by atoms with Gasteiger partial charge in [0.15, 0.2) is 0 Å². The van der Waals surface area contributed by atoms with Gasteiger partial charge in [-0.05, 0) is 105 Å². The van der Waals surface area contributed by atoms with Crippen molar-refractivity contribution in [3.8, 4) is 23.0 Å². The van der Waals surface area contributed by atoms with Gasteiger partial charge in [-0.15, -0.1) is 0 Å².